The summed E-state index contributed by atoms with van der Waals surface area (Å²) in [7, 11) is 0. The Balaban J connectivity index is 2.91. The van der Waals surface area contributed by atoms with Gasteiger partial charge >= 0.3 is 5.97 Å². The normalized spacial score (nSPS) is 11.2. The van der Waals surface area contributed by atoms with Crippen molar-refractivity contribution in [2.45, 2.75) is 19.8 Å². The lowest BCUT2D eigenvalue weighted by molar-refractivity contribution is 0.0698. The molecule has 0 radical (unpaired) electrons. The number of aromatic carboxylic acids is 1. The number of halogens is 1. The minimum atomic E-state index is -0.957. The highest BCUT2D eigenvalue weighted by Crippen LogP contribution is 2.33. The highest BCUT2D eigenvalue weighted by molar-refractivity contribution is 7.14. The third kappa shape index (κ3) is 3.25. The summed E-state index contributed by atoms with van der Waals surface area (Å²) in [6.45, 7) is 4.30. The first-order valence-electron chi connectivity index (χ1n) is 4.81. The van der Waals surface area contributed by atoms with Crippen LogP contribution in [0.5, 0.6) is 5.75 Å². The van der Waals surface area contributed by atoms with Crippen molar-refractivity contribution in [3.8, 4) is 5.75 Å². The fraction of sp³-hybridized carbons (Fsp3) is 0.364. The summed E-state index contributed by atoms with van der Waals surface area (Å²) in [5.41, 5.74) is 1.34. The van der Waals surface area contributed by atoms with Crippen molar-refractivity contribution in [2.75, 3.05) is 6.61 Å². The number of carboxylic acid groups (broad SMARTS) is 1. The average Bonchev–Trinajstić information content (AvgIpc) is 2.62. The Morgan fingerprint density at radius 1 is 1.69 bits per heavy atom. The Labute approximate surface area is 103 Å². The maximum Gasteiger partial charge on any atom is 0.349 e. The van der Waals surface area contributed by atoms with Crippen LogP contribution in [0, 0.1) is 0 Å². The molecular weight excluding hydrogens is 248 g/mol. The van der Waals surface area contributed by atoms with Crippen LogP contribution in [0.3, 0.4) is 0 Å². The summed E-state index contributed by atoms with van der Waals surface area (Å²) in [5.74, 6) is -0.248. The fourth-order valence-electron chi connectivity index (χ4n) is 1.11. The second kappa shape index (κ2) is 5.92. The fourth-order valence-corrected chi connectivity index (χ4v) is 2.12. The van der Waals surface area contributed by atoms with E-state index in [0.717, 1.165) is 4.88 Å². The number of rotatable bonds is 5. The van der Waals surface area contributed by atoms with Gasteiger partial charge in [-0.2, -0.15) is 0 Å². The number of hydrogen-bond donors (Lipinski definition) is 1. The van der Waals surface area contributed by atoms with Gasteiger partial charge in [-0.05, 0) is 18.1 Å². The average molecular weight is 261 g/mol. The molecule has 0 saturated heterocycles. The van der Waals surface area contributed by atoms with E-state index in [9.17, 15) is 4.79 Å². The summed E-state index contributed by atoms with van der Waals surface area (Å²) < 4.78 is 5.33. The Kier molecular flexibility index (Phi) is 4.83. The van der Waals surface area contributed by atoms with Gasteiger partial charge in [-0.1, -0.05) is 25.4 Å². The van der Waals surface area contributed by atoms with Gasteiger partial charge in [0.1, 0.15) is 12.4 Å². The SMILES string of the molecule is CC(C)c1cc(OCC=CCl)c(C(=O)O)s1. The molecule has 0 saturated carbocycles. The zero-order chi connectivity index (χ0) is 12.1. The van der Waals surface area contributed by atoms with Gasteiger partial charge in [-0.15, -0.1) is 11.3 Å². The lowest BCUT2D eigenvalue weighted by Crippen LogP contribution is -1.99. The van der Waals surface area contributed by atoms with Gasteiger partial charge in [-0.25, -0.2) is 4.79 Å². The molecule has 1 N–H and O–H groups in total. The lowest BCUT2D eigenvalue weighted by Gasteiger charge is -2.00. The van der Waals surface area contributed by atoms with Crippen molar-refractivity contribution in [3.63, 3.8) is 0 Å². The molecule has 0 aliphatic heterocycles. The van der Waals surface area contributed by atoms with Gasteiger partial charge in [0.25, 0.3) is 0 Å². The monoisotopic (exact) mass is 260 g/mol. The first-order chi connectivity index (χ1) is 7.56. The summed E-state index contributed by atoms with van der Waals surface area (Å²) in [6.07, 6.45) is 1.61. The lowest BCUT2D eigenvalue weighted by atomic mass is 10.2. The molecule has 1 aromatic rings. The van der Waals surface area contributed by atoms with E-state index in [4.69, 9.17) is 21.4 Å². The van der Waals surface area contributed by atoms with Crippen LogP contribution in [-0.4, -0.2) is 17.7 Å². The van der Waals surface area contributed by atoms with Gasteiger partial charge in [0.2, 0.25) is 0 Å². The first-order valence-corrected chi connectivity index (χ1v) is 6.06. The molecule has 1 heterocycles. The molecule has 1 aromatic heterocycles. The predicted octanol–water partition coefficient (Wildman–Crippen LogP) is 3.70. The molecule has 0 fully saturated rings. The largest absolute Gasteiger partial charge is 0.488 e. The topological polar surface area (TPSA) is 46.5 Å². The van der Waals surface area contributed by atoms with E-state index < -0.39 is 5.97 Å². The van der Waals surface area contributed by atoms with E-state index in [2.05, 4.69) is 0 Å². The van der Waals surface area contributed by atoms with Crippen LogP contribution >= 0.6 is 22.9 Å². The van der Waals surface area contributed by atoms with Gasteiger partial charge in [0.05, 0.1) is 0 Å². The molecule has 88 valence electrons. The Morgan fingerprint density at radius 2 is 2.38 bits per heavy atom. The van der Waals surface area contributed by atoms with Crippen molar-refractivity contribution in [1.82, 2.24) is 0 Å². The van der Waals surface area contributed by atoms with Crippen LogP contribution in [0.4, 0.5) is 0 Å². The highest BCUT2D eigenvalue weighted by atomic mass is 35.5. The van der Waals surface area contributed by atoms with Gasteiger partial charge < -0.3 is 9.84 Å². The van der Waals surface area contributed by atoms with Gasteiger partial charge in [-0.3, -0.25) is 0 Å². The van der Waals surface area contributed by atoms with Gasteiger partial charge in [0, 0.05) is 10.4 Å². The third-order valence-corrected chi connectivity index (χ3v) is 3.49. The zero-order valence-corrected chi connectivity index (χ0v) is 10.6. The van der Waals surface area contributed by atoms with Crippen LogP contribution in [0.1, 0.15) is 34.3 Å². The van der Waals surface area contributed by atoms with E-state index in [1.54, 1.807) is 12.1 Å². The number of thiophene rings is 1. The van der Waals surface area contributed by atoms with Gasteiger partial charge in [0.15, 0.2) is 4.88 Å². The standard InChI is InChI=1S/C11H13ClO3S/c1-7(2)9-6-8(15-5-3-4-12)10(16-9)11(13)14/h3-4,6-7H,5H2,1-2H3,(H,13,14). The van der Waals surface area contributed by atoms with Crippen LogP contribution in [-0.2, 0) is 0 Å². The molecular formula is C11H13ClO3S. The quantitative estimate of drug-likeness (QED) is 0.878. The predicted molar refractivity (Wildman–Crippen MR) is 65.9 cm³/mol. The van der Waals surface area contributed by atoms with Crippen molar-refractivity contribution in [1.29, 1.82) is 0 Å². The van der Waals surface area contributed by atoms with E-state index in [-0.39, 0.29) is 11.5 Å². The maximum atomic E-state index is 11.0. The van der Waals surface area contributed by atoms with E-state index >= 15 is 0 Å². The zero-order valence-electron chi connectivity index (χ0n) is 9.07. The Morgan fingerprint density at radius 3 is 2.88 bits per heavy atom. The van der Waals surface area contributed by atoms with E-state index in [1.807, 2.05) is 13.8 Å². The molecule has 0 atom stereocenters. The minimum absolute atomic E-state index is 0.242. The Bertz CT molecular complexity index is 396. The number of carboxylic acids is 1. The highest BCUT2D eigenvalue weighted by Gasteiger charge is 2.17. The van der Waals surface area contributed by atoms with Crippen molar-refractivity contribution < 1.29 is 14.6 Å². The molecule has 0 aromatic carbocycles. The van der Waals surface area contributed by atoms with E-state index in [1.165, 1.54) is 16.9 Å². The first kappa shape index (κ1) is 13.1. The molecule has 1 rings (SSSR count). The molecule has 0 aliphatic rings. The minimum Gasteiger partial charge on any atom is -0.488 e. The molecule has 3 nitrogen and oxygen atoms in total. The summed E-state index contributed by atoms with van der Waals surface area (Å²) in [5, 5.41) is 9.00. The summed E-state index contributed by atoms with van der Waals surface area (Å²) >= 11 is 6.60. The molecule has 0 amide bonds. The van der Waals surface area contributed by atoms with Crippen molar-refractivity contribution in [3.05, 3.63) is 27.4 Å². The molecule has 0 spiro atoms. The van der Waals surface area contributed by atoms with Crippen LogP contribution in [0.15, 0.2) is 17.7 Å². The van der Waals surface area contributed by atoms with Crippen LogP contribution < -0.4 is 4.74 Å². The van der Waals surface area contributed by atoms with Crippen molar-refractivity contribution in [2.24, 2.45) is 0 Å². The molecule has 0 unspecified atom stereocenters. The number of ether oxygens (including phenoxy) is 1. The molecule has 0 aliphatic carbocycles. The third-order valence-electron chi connectivity index (χ3n) is 1.90. The molecule has 5 heteroatoms. The van der Waals surface area contributed by atoms with Crippen molar-refractivity contribution >= 4 is 28.9 Å². The second-order valence-electron chi connectivity index (χ2n) is 3.47. The summed E-state index contributed by atoms with van der Waals surface area (Å²) in [4.78, 5) is 12.2. The summed E-state index contributed by atoms with van der Waals surface area (Å²) in [6, 6.07) is 1.78. The smallest absolute Gasteiger partial charge is 0.349 e. The Hall–Kier alpha value is -1.00. The molecule has 16 heavy (non-hydrogen) atoms. The van der Waals surface area contributed by atoms with Crippen LogP contribution in [0.25, 0.3) is 0 Å². The van der Waals surface area contributed by atoms with Crippen LogP contribution in [0.2, 0.25) is 0 Å². The molecule has 0 bridgehead atoms. The number of carbonyl (C=O) groups is 1. The maximum absolute atomic E-state index is 11.0. The van der Waals surface area contributed by atoms with E-state index in [0.29, 0.717) is 11.7 Å². The number of hydrogen-bond acceptors (Lipinski definition) is 3. The second-order valence-corrected chi connectivity index (χ2v) is 4.81.